The number of benzene rings is 4. The van der Waals surface area contributed by atoms with Crippen LogP contribution in [0.25, 0.3) is 16.7 Å². The number of nitro groups is 1. The molecule has 0 aliphatic carbocycles. The monoisotopic (exact) mass is 548 g/mol. The second kappa shape index (κ2) is 13.2. The molecule has 0 aliphatic rings. The van der Waals surface area contributed by atoms with Crippen molar-refractivity contribution in [2.45, 2.75) is 53.1 Å². The van der Waals surface area contributed by atoms with Gasteiger partial charge in [0.2, 0.25) is 0 Å². The summed E-state index contributed by atoms with van der Waals surface area (Å²) >= 11 is 0. The van der Waals surface area contributed by atoms with E-state index in [1.807, 2.05) is 24.3 Å². The molecule has 0 aromatic heterocycles. The SMILES string of the molecule is C/C(CCc1ccc(-c2ccccc2C(=O)O)cc1)=C(\C)c1cc(CN[C@@H](C)c2ccc([N+](=O)[O-])cc2)ccc1C. The summed E-state index contributed by atoms with van der Waals surface area (Å²) in [7, 11) is 0. The Hall–Kier alpha value is -4.55. The minimum absolute atomic E-state index is 0.0583. The van der Waals surface area contributed by atoms with E-state index in [4.69, 9.17) is 0 Å². The zero-order valence-electron chi connectivity index (χ0n) is 24.0. The minimum Gasteiger partial charge on any atom is -0.478 e. The Kier molecular flexibility index (Phi) is 9.48. The molecule has 41 heavy (non-hydrogen) atoms. The molecule has 0 saturated heterocycles. The number of nitrogens with zero attached hydrogens (tertiary/aromatic N) is 1. The lowest BCUT2D eigenvalue weighted by Crippen LogP contribution is -2.18. The Morgan fingerprint density at radius 3 is 2.22 bits per heavy atom. The molecule has 0 amide bonds. The van der Waals surface area contributed by atoms with E-state index in [2.05, 4.69) is 63.3 Å². The molecular formula is C35H36N2O4. The molecule has 210 valence electrons. The number of aromatic carboxylic acids is 1. The molecule has 4 aromatic carbocycles. The van der Waals surface area contributed by atoms with Crippen LogP contribution in [0.3, 0.4) is 0 Å². The van der Waals surface area contributed by atoms with Crippen LogP contribution < -0.4 is 5.32 Å². The van der Waals surface area contributed by atoms with Gasteiger partial charge in [-0.2, -0.15) is 0 Å². The largest absolute Gasteiger partial charge is 0.478 e. The summed E-state index contributed by atoms with van der Waals surface area (Å²) in [5, 5.41) is 24.0. The molecule has 1 atom stereocenters. The molecule has 0 spiro atoms. The lowest BCUT2D eigenvalue weighted by atomic mass is 9.92. The smallest absolute Gasteiger partial charge is 0.336 e. The van der Waals surface area contributed by atoms with Gasteiger partial charge in [-0.3, -0.25) is 10.1 Å². The van der Waals surface area contributed by atoms with Crippen LogP contribution in [-0.2, 0) is 13.0 Å². The second-order valence-corrected chi connectivity index (χ2v) is 10.6. The van der Waals surface area contributed by atoms with Crippen molar-refractivity contribution < 1.29 is 14.8 Å². The van der Waals surface area contributed by atoms with E-state index < -0.39 is 5.97 Å². The number of aryl methyl sites for hydroxylation is 2. The summed E-state index contributed by atoms with van der Waals surface area (Å²) < 4.78 is 0. The van der Waals surface area contributed by atoms with Crippen molar-refractivity contribution in [3.63, 3.8) is 0 Å². The number of hydrogen-bond acceptors (Lipinski definition) is 4. The molecular weight excluding hydrogens is 512 g/mol. The summed E-state index contributed by atoms with van der Waals surface area (Å²) in [6.07, 6.45) is 1.83. The van der Waals surface area contributed by atoms with Gasteiger partial charge in [0.1, 0.15) is 0 Å². The van der Waals surface area contributed by atoms with Gasteiger partial charge < -0.3 is 10.4 Å². The van der Waals surface area contributed by atoms with Gasteiger partial charge in [-0.1, -0.05) is 72.3 Å². The van der Waals surface area contributed by atoms with Gasteiger partial charge in [0.25, 0.3) is 5.69 Å². The molecule has 6 nitrogen and oxygen atoms in total. The maximum atomic E-state index is 11.6. The quantitative estimate of drug-likeness (QED) is 0.145. The van der Waals surface area contributed by atoms with Gasteiger partial charge in [0.15, 0.2) is 0 Å². The third-order valence-corrected chi connectivity index (χ3v) is 7.77. The van der Waals surface area contributed by atoms with Crippen LogP contribution >= 0.6 is 0 Å². The van der Waals surface area contributed by atoms with E-state index in [0.717, 1.165) is 29.5 Å². The van der Waals surface area contributed by atoms with Gasteiger partial charge in [0.05, 0.1) is 10.5 Å². The summed E-state index contributed by atoms with van der Waals surface area (Å²) in [6.45, 7) is 9.25. The van der Waals surface area contributed by atoms with E-state index in [9.17, 15) is 20.0 Å². The zero-order valence-corrected chi connectivity index (χ0v) is 24.0. The molecule has 0 heterocycles. The van der Waals surface area contributed by atoms with Crippen LogP contribution in [0.5, 0.6) is 0 Å². The van der Waals surface area contributed by atoms with E-state index in [1.54, 1.807) is 36.4 Å². The Morgan fingerprint density at radius 1 is 0.902 bits per heavy atom. The van der Waals surface area contributed by atoms with Crippen LogP contribution in [-0.4, -0.2) is 16.0 Å². The predicted octanol–water partition coefficient (Wildman–Crippen LogP) is 8.55. The van der Waals surface area contributed by atoms with Gasteiger partial charge in [-0.25, -0.2) is 4.79 Å². The van der Waals surface area contributed by atoms with Gasteiger partial charge in [-0.15, -0.1) is 0 Å². The summed E-state index contributed by atoms with van der Waals surface area (Å²) in [5.41, 5.74) is 10.5. The highest BCUT2D eigenvalue weighted by Gasteiger charge is 2.12. The van der Waals surface area contributed by atoms with Crippen LogP contribution in [0.4, 0.5) is 5.69 Å². The Labute approximate surface area is 241 Å². The first kappa shape index (κ1) is 29.4. The number of carboxylic acids is 1. The van der Waals surface area contributed by atoms with Crippen LogP contribution in [0.2, 0.25) is 0 Å². The molecule has 0 radical (unpaired) electrons. The second-order valence-electron chi connectivity index (χ2n) is 10.6. The maximum absolute atomic E-state index is 11.6. The molecule has 0 saturated carbocycles. The first-order valence-electron chi connectivity index (χ1n) is 13.8. The van der Waals surface area contributed by atoms with Crippen molar-refractivity contribution in [3.05, 3.63) is 140 Å². The summed E-state index contributed by atoms with van der Waals surface area (Å²) in [4.78, 5) is 22.1. The van der Waals surface area contributed by atoms with Gasteiger partial charge >= 0.3 is 5.97 Å². The fraction of sp³-hybridized carbons (Fsp3) is 0.229. The number of non-ortho nitro benzene ring substituents is 1. The van der Waals surface area contributed by atoms with Gasteiger partial charge in [0, 0.05) is 24.7 Å². The number of rotatable bonds is 11. The molecule has 6 heteroatoms. The van der Waals surface area contributed by atoms with Crippen molar-refractivity contribution >= 4 is 17.2 Å². The Morgan fingerprint density at radius 2 is 1.56 bits per heavy atom. The lowest BCUT2D eigenvalue weighted by molar-refractivity contribution is -0.384. The van der Waals surface area contributed by atoms with Crippen molar-refractivity contribution in [3.8, 4) is 11.1 Å². The minimum atomic E-state index is -0.921. The van der Waals surface area contributed by atoms with E-state index in [0.29, 0.717) is 12.1 Å². The molecule has 0 fully saturated rings. The maximum Gasteiger partial charge on any atom is 0.336 e. The van der Waals surface area contributed by atoms with E-state index >= 15 is 0 Å². The highest BCUT2D eigenvalue weighted by Crippen LogP contribution is 2.28. The molecule has 0 bridgehead atoms. The molecule has 4 aromatic rings. The highest BCUT2D eigenvalue weighted by molar-refractivity contribution is 5.96. The number of carboxylic acid groups (broad SMARTS) is 1. The number of carbonyl (C=O) groups is 1. The normalized spacial score (nSPS) is 12.5. The van der Waals surface area contributed by atoms with Crippen molar-refractivity contribution in [1.29, 1.82) is 0 Å². The highest BCUT2D eigenvalue weighted by atomic mass is 16.6. The predicted molar refractivity (Wildman–Crippen MR) is 165 cm³/mol. The topological polar surface area (TPSA) is 92.5 Å². The first-order chi connectivity index (χ1) is 19.6. The number of nitro benzene ring substituents is 1. The van der Waals surface area contributed by atoms with Crippen LogP contribution in [0.1, 0.15) is 71.4 Å². The first-order valence-corrected chi connectivity index (χ1v) is 13.8. The third-order valence-electron chi connectivity index (χ3n) is 7.77. The fourth-order valence-corrected chi connectivity index (χ4v) is 4.98. The van der Waals surface area contributed by atoms with Crippen molar-refractivity contribution in [2.75, 3.05) is 0 Å². The van der Waals surface area contributed by atoms with Crippen LogP contribution in [0, 0.1) is 17.0 Å². The molecule has 2 N–H and O–H groups in total. The lowest BCUT2D eigenvalue weighted by Gasteiger charge is -2.17. The number of hydrogen-bond donors (Lipinski definition) is 2. The molecule has 0 unspecified atom stereocenters. The third kappa shape index (κ3) is 7.35. The fourth-order valence-electron chi connectivity index (χ4n) is 4.98. The van der Waals surface area contributed by atoms with Crippen molar-refractivity contribution in [1.82, 2.24) is 5.32 Å². The van der Waals surface area contributed by atoms with Crippen LogP contribution in [0.15, 0.2) is 96.6 Å². The summed E-state index contributed by atoms with van der Waals surface area (Å²) in [6, 6.07) is 28.5. The number of allylic oxidation sites excluding steroid dienone is 2. The van der Waals surface area contributed by atoms with E-state index in [1.165, 1.54) is 33.4 Å². The zero-order chi connectivity index (χ0) is 29.5. The standard InChI is InChI=1S/C35H36N2O4/c1-23(9-11-27-13-15-30(16-14-27)32-7-5-6-8-33(32)35(38)39)25(3)34-21-28(12-10-24(34)2)22-36-26(4)29-17-19-31(20-18-29)37(40)41/h5-8,10,12-21,26,36H,9,11,22H2,1-4H3,(H,38,39)/b25-23-/t26-/m0/s1. The summed E-state index contributed by atoms with van der Waals surface area (Å²) in [5.74, 6) is -0.921. The average Bonchev–Trinajstić information content (AvgIpc) is 2.99. The molecule has 4 rings (SSSR count). The van der Waals surface area contributed by atoms with E-state index in [-0.39, 0.29) is 16.7 Å². The number of nitrogens with one attached hydrogen (secondary N) is 1. The Balaban J connectivity index is 1.40. The van der Waals surface area contributed by atoms with Gasteiger partial charge in [-0.05, 0) is 97.2 Å². The molecule has 0 aliphatic heterocycles. The average molecular weight is 549 g/mol. The Bertz CT molecular complexity index is 1570. The van der Waals surface area contributed by atoms with Crippen molar-refractivity contribution in [2.24, 2.45) is 0 Å².